The van der Waals surface area contributed by atoms with Crippen LogP contribution < -0.4 is 14.9 Å². The van der Waals surface area contributed by atoms with Crippen LogP contribution in [0, 0.1) is 35.4 Å². The minimum Gasteiger partial charge on any atom is -0.497 e. The van der Waals surface area contributed by atoms with E-state index in [1.54, 1.807) is 55.3 Å². The van der Waals surface area contributed by atoms with Crippen molar-refractivity contribution in [2.45, 2.75) is 22.6 Å². The first-order valence-corrected chi connectivity index (χ1v) is 14.5. The summed E-state index contributed by atoms with van der Waals surface area (Å²) in [6, 6.07) is 13.2. The van der Waals surface area contributed by atoms with E-state index < -0.39 is 17.7 Å². The Hall–Kier alpha value is -3.44. The zero-order chi connectivity index (χ0) is 27.0. The number of thioether (sulfide) groups is 1. The molecule has 7 rings (SSSR count). The number of methoxy groups -OCH3 is 1. The minimum atomic E-state index is -0.488. The van der Waals surface area contributed by atoms with Crippen LogP contribution in [0.5, 0.6) is 5.75 Å². The normalized spacial score (nSPS) is 30.2. The number of aromatic nitrogens is 1. The summed E-state index contributed by atoms with van der Waals surface area (Å²) < 4.78 is 18.9. The van der Waals surface area contributed by atoms with Crippen molar-refractivity contribution in [3.63, 3.8) is 0 Å². The van der Waals surface area contributed by atoms with E-state index in [-0.39, 0.29) is 58.0 Å². The van der Waals surface area contributed by atoms with E-state index in [1.165, 1.54) is 12.1 Å². The summed E-state index contributed by atoms with van der Waals surface area (Å²) in [5, 5.41) is 3.59. The summed E-state index contributed by atoms with van der Waals surface area (Å²) >= 11 is 2.76. The molecule has 7 atom stereocenters. The largest absolute Gasteiger partial charge is 0.497 e. The number of carbonyl (C=O) groups is 3. The molecule has 3 heterocycles. The Morgan fingerprint density at radius 2 is 1.74 bits per heavy atom. The Bertz CT molecular complexity index is 1550. The van der Waals surface area contributed by atoms with E-state index in [1.807, 2.05) is 0 Å². The highest BCUT2D eigenvalue weighted by Crippen LogP contribution is 2.68. The second kappa shape index (κ2) is 9.06. The zero-order valence-corrected chi connectivity index (χ0v) is 22.4. The van der Waals surface area contributed by atoms with Gasteiger partial charge in [-0.1, -0.05) is 23.5 Å². The number of carbonyl (C=O) groups excluding carboxylic acids is 3. The summed E-state index contributed by atoms with van der Waals surface area (Å²) in [6.07, 6.45) is 0.748. The maximum atomic E-state index is 13.8. The molecular weight excluding hydrogens is 541 g/mol. The maximum Gasteiger partial charge on any atom is 0.305 e. The lowest BCUT2D eigenvalue weighted by atomic mass is 9.68. The molecule has 2 aliphatic heterocycles. The monoisotopic (exact) mass is 565 g/mol. The van der Waals surface area contributed by atoms with E-state index in [2.05, 4.69) is 10.3 Å². The predicted molar refractivity (Wildman–Crippen MR) is 143 cm³/mol. The van der Waals surface area contributed by atoms with Gasteiger partial charge in [0.05, 0.1) is 24.0 Å². The van der Waals surface area contributed by atoms with E-state index in [0.29, 0.717) is 11.4 Å². The smallest absolute Gasteiger partial charge is 0.305 e. The third-order valence-corrected chi connectivity index (χ3v) is 11.3. The molecule has 2 bridgehead atoms. The van der Waals surface area contributed by atoms with Crippen molar-refractivity contribution >= 4 is 46.5 Å². The molecule has 0 spiro atoms. The first kappa shape index (κ1) is 24.6. The van der Waals surface area contributed by atoms with E-state index >= 15 is 0 Å². The quantitative estimate of drug-likeness (QED) is 0.457. The number of rotatable bonds is 5. The Balaban J connectivity index is 1.17. The molecule has 11 heteroatoms. The zero-order valence-electron chi connectivity index (χ0n) is 20.8. The van der Waals surface area contributed by atoms with Crippen molar-refractivity contribution in [1.29, 1.82) is 0 Å². The van der Waals surface area contributed by atoms with Crippen molar-refractivity contribution in [2.24, 2.45) is 29.6 Å². The average molecular weight is 566 g/mol. The average Bonchev–Trinajstić information content (AvgIpc) is 3.66. The third-order valence-electron chi connectivity index (χ3n) is 8.72. The van der Waals surface area contributed by atoms with Gasteiger partial charge in [0.1, 0.15) is 18.1 Å². The van der Waals surface area contributed by atoms with Gasteiger partial charge in [0.15, 0.2) is 0 Å². The van der Waals surface area contributed by atoms with Crippen LogP contribution in [-0.2, 0) is 14.4 Å². The number of thiazole rings is 1. The van der Waals surface area contributed by atoms with Crippen LogP contribution in [-0.4, -0.2) is 46.5 Å². The number of likely N-dealkylation sites (tertiary alicyclic amines) is 1. The molecule has 1 aromatic heterocycles. The number of ether oxygens (including phenoxy) is 1. The summed E-state index contributed by atoms with van der Waals surface area (Å²) in [5.41, 5.74) is 1.45. The summed E-state index contributed by atoms with van der Waals surface area (Å²) in [5.74, 6) is -1.91. The number of benzene rings is 2. The lowest BCUT2D eigenvalue weighted by molar-refractivity contribution is -0.143. The molecule has 3 fully saturated rings. The van der Waals surface area contributed by atoms with Crippen LogP contribution in [0.25, 0.3) is 0 Å². The van der Waals surface area contributed by atoms with Crippen LogP contribution in [0.15, 0.2) is 58.4 Å². The number of hydrogen-bond acceptors (Lipinski definition) is 7. The number of aromatic amines is 1. The Morgan fingerprint density at radius 3 is 2.44 bits per heavy atom. The van der Waals surface area contributed by atoms with E-state index in [0.717, 1.165) is 38.1 Å². The van der Waals surface area contributed by atoms with Gasteiger partial charge in [-0.15, -0.1) is 11.8 Å². The number of fused-ring (bicyclic) bond motifs is 9. The molecule has 8 nitrogen and oxygen atoms in total. The Morgan fingerprint density at radius 1 is 1.05 bits per heavy atom. The highest BCUT2D eigenvalue weighted by atomic mass is 32.2. The molecular formula is C28H24FN3O5S2. The molecule has 200 valence electrons. The maximum absolute atomic E-state index is 13.8. The fraction of sp³-hybridized carbons (Fsp3) is 0.357. The van der Waals surface area contributed by atoms with Gasteiger partial charge in [0.2, 0.25) is 17.7 Å². The first-order chi connectivity index (χ1) is 18.8. The molecule has 2 saturated carbocycles. The van der Waals surface area contributed by atoms with Crippen molar-refractivity contribution < 1.29 is 23.5 Å². The summed E-state index contributed by atoms with van der Waals surface area (Å²) in [6.45, 7) is -0.333. The number of hydrogen-bond donors (Lipinski definition) is 2. The fourth-order valence-corrected chi connectivity index (χ4v) is 10.2. The van der Waals surface area contributed by atoms with Crippen LogP contribution in [0.3, 0.4) is 0 Å². The van der Waals surface area contributed by atoms with Gasteiger partial charge in [0, 0.05) is 21.7 Å². The molecule has 2 N–H and O–H groups in total. The van der Waals surface area contributed by atoms with Gasteiger partial charge in [0.25, 0.3) is 0 Å². The number of nitrogens with zero attached hydrogens (tertiary/aromatic N) is 1. The van der Waals surface area contributed by atoms with Crippen LogP contribution in [0.1, 0.15) is 22.8 Å². The number of halogens is 1. The lowest BCUT2D eigenvalue weighted by Gasteiger charge is -2.43. The summed E-state index contributed by atoms with van der Waals surface area (Å²) in [4.78, 5) is 57.2. The number of H-pyrrole nitrogens is 1. The molecule has 0 radical (unpaired) electrons. The highest BCUT2D eigenvalue weighted by Gasteiger charge is 2.69. The van der Waals surface area contributed by atoms with Gasteiger partial charge < -0.3 is 15.0 Å². The van der Waals surface area contributed by atoms with Gasteiger partial charge in [-0.2, -0.15) is 0 Å². The SMILES string of the molecule is COc1ccc(NC(=O)CN2C(=O)C3C4CC(C3C2=O)C2C4Sc3[nH]c(=O)sc3[C@@H]2c2ccc(F)cc2)cc1. The van der Waals surface area contributed by atoms with E-state index in [9.17, 15) is 23.6 Å². The molecule has 3 amide bonds. The molecule has 4 aliphatic rings. The van der Waals surface area contributed by atoms with Crippen LogP contribution in [0.2, 0.25) is 0 Å². The second-order valence-corrected chi connectivity index (χ2v) is 12.8. The number of anilines is 1. The number of amides is 3. The highest BCUT2D eigenvalue weighted by molar-refractivity contribution is 8.00. The standard InChI is InChI=1S/C28H24FN3O5S2/c1-37-15-8-6-14(7-9-15)30-18(33)11-32-26(34)21-16-10-17(22(21)27(32)35)23-20(16)19(12-2-4-13(29)5-3-12)24-25(38-23)31-28(36)39-24/h2-9,16-17,19-23H,10-11H2,1H3,(H,30,33)(H,31,36)/t16?,17?,19-,20?,21?,22?,23?/m1/s1. The van der Waals surface area contributed by atoms with Crippen molar-refractivity contribution in [3.8, 4) is 5.75 Å². The molecule has 2 aliphatic carbocycles. The minimum absolute atomic E-state index is 0.0236. The van der Waals surface area contributed by atoms with Crippen molar-refractivity contribution in [2.75, 3.05) is 19.0 Å². The molecule has 3 aromatic rings. The topological polar surface area (TPSA) is 109 Å². The van der Waals surface area contributed by atoms with Gasteiger partial charge in [-0.05, 0) is 66.1 Å². The fourth-order valence-electron chi connectivity index (χ4n) is 7.30. The van der Waals surface area contributed by atoms with E-state index in [4.69, 9.17) is 4.74 Å². The van der Waals surface area contributed by atoms with Crippen molar-refractivity contribution in [1.82, 2.24) is 9.88 Å². The predicted octanol–water partition coefficient (Wildman–Crippen LogP) is 3.70. The van der Waals surface area contributed by atoms with Gasteiger partial charge in [-0.3, -0.25) is 24.1 Å². The van der Waals surface area contributed by atoms with Gasteiger partial charge >= 0.3 is 4.87 Å². The Kier molecular flexibility index (Phi) is 5.71. The number of imide groups is 1. The Labute approximate surface area is 230 Å². The lowest BCUT2D eigenvalue weighted by Crippen LogP contribution is -2.42. The summed E-state index contributed by atoms with van der Waals surface area (Å²) in [7, 11) is 1.55. The number of nitrogens with one attached hydrogen (secondary N) is 2. The first-order valence-electron chi connectivity index (χ1n) is 12.8. The molecule has 1 saturated heterocycles. The van der Waals surface area contributed by atoms with Crippen molar-refractivity contribution in [3.05, 3.63) is 74.5 Å². The second-order valence-electron chi connectivity index (χ2n) is 10.6. The molecule has 39 heavy (non-hydrogen) atoms. The van der Waals surface area contributed by atoms with Crippen LogP contribution in [0.4, 0.5) is 10.1 Å². The molecule has 6 unspecified atom stereocenters. The molecule has 2 aromatic carbocycles. The third kappa shape index (κ3) is 3.77. The van der Waals surface area contributed by atoms with Gasteiger partial charge in [-0.25, -0.2) is 4.39 Å². The van der Waals surface area contributed by atoms with Crippen LogP contribution >= 0.6 is 23.1 Å².